The van der Waals surface area contributed by atoms with Gasteiger partial charge in [0.2, 0.25) is 0 Å². The predicted octanol–water partition coefficient (Wildman–Crippen LogP) is 2.46. The molecule has 2 unspecified atom stereocenters. The van der Waals surface area contributed by atoms with Crippen molar-refractivity contribution < 1.29 is 0 Å². The average Bonchev–Trinajstić information content (AvgIpc) is 2.54. The van der Waals surface area contributed by atoms with Gasteiger partial charge in [0.25, 0.3) is 0 Å². The fourth-order valence-corrected chi connectivity index (χ4v) is 3.60. The maximum absolute atomic E-state index is 4.13. The summed E-state index contributed by atoms with van der Waals surface area (Å²) in [7, 11) is 4.03. The number of hydrogen-bond acceptors (Lipinski definition) is 3. The van der Waals surface area contributed by atoms with Gasteiger partial charge in [-0.1, -0.05) is 24.5 Å². The summed E-state index contributed by atoms with van der Waals surface area (Å²) in [5, 5.41) is 11.6. The van der Waals surface area contributed by atoms with Crippen LogP contribution in [0, 0.1) is 5.92 Å². The summed E-state index contributed by atoms with van der Waals surface area (Å²) < 4.78 is 2.86. The lowest BCUT2D eigenvalue weighted by Gasteiger charge is -2.25. The van der Waals surface area contributed by atoms with Crippen molar-refractivity contribution in [3.8, 4) is 0 Å². The van der Waals surface area contributed by atoms with Crippen LogP contribution in [0.4, 0.5) is 0 Å². The van der Waals surface area contributed by atoms with Crippen LogP contribution in [-0.2, 0) is 7.05 Å². The first-order valence-corrected chi connectivity index (χ1v) is 7.23. The van der Waals surface area contributed by atoms with E-state index in [4.69, 9.17) is 0 Å². The first-order chi connectivity index (χ1) is 8.24. The number of aryl methyl sites for hydroxylation is 1. The highest BCUT2D eigenvalue weighted by molar-refractivity contribution is 9.10. The van der Waals surface area contributed by atoms with Gasteiger partial charge in [-0.05, 0) is 48.3 Å². The van der Waals surface area contributed by atoms with Crippen molar-refractivity contribution in [3.05, 3.63) is 10.3 Å². The number of halogens is 1. The van der Waals surface area contributed by atoms with Crippen molar-refractivity contribution >= 4 is 15.9 Å². The molecule has 1 aliphatic rings. The van der Waals surface area contributed by atoms with E-state index in [1.54, 1.807) is 0 Å². The SMILES string of the molecule is CNCC1CCCCCC1c1c(Br)nnn1C. The van der Waals surface area contributed by atoms with Gasteiger partial charge in [0.15, 0.2) is 4.60 Å². The van der Waals surface area contributed by atoms with E-state index >= 15 is 0 Å². The molecule has 1 fully saturated rings. The normalized spacial score (nSPS) is 25.8. The number of rotatable bonds is 3. The minimum atomic E-state index is 0.583. The van der Waals surface area contributed by atoms with Crippen LogP contribution < -0.4 is 5.32 Å². The third-order valence-electron chi connectivity index (χ3n) is 3.80. The van der Waals surface area contributed by atoms with Crippen molar-refractivity contribution in [1.29, 1.82) is 0 Å². The molecule has 4 nitrogen and oxygen atoms in total. The zero-order valence-corrected chi connectivity index (χ0v) is 12.2. The van der Waals surface area contributed by atoms with Gasteiger partial charge in [0.1, 0.15) is 0 Å². The molecule has 0 radical (unpaired) electrons. The van der Waals surface area contributed by atoms with Gasteiger partial charge in [-0.3, -0.25) is 4.68 Å². The summed E-state index contributed by atoms with van der Waals surface area (Å²) in [6.07, 6.45) is 6.60. The lowest BCUT2D eigenvalue weighted by molar-refractivity contribution is 0.370. The van der Waals surface area contributed by atoms with Crippen LogP contribution in [0.5, 0.6) is 0 Å². The molecular formula is C12H21BrN4. The topological polar surface area (TPSA) is 42.7 Å². The van der Waals surface area contributed by atoms with Gasteiger partial charge in [-0.2, -0.15) is 0 Å². The number of aromatic nitrogens is 3. The molecule has 1 aromatic rings. The molecule has 1 aliphatic carbocycles. The summed E-state index contributed by atoms with van der Waals surface area (Å²) in [4.78, 5) is 0. The van der Waals surface area contributed by atoms with Crippen molar-refractivity contribution in [3.63, 3.8) is 0 Å². The summed E-state index contributed by atoms with van der Waals surface area (Å²) >= 11 is 3.54. The van der Waals surface area contributed by atoms with Gasteiger partial charge >= 0.3 is 0 Å². The Balaban J connectivity index is 2.25. The van der Waals surface area contributed by atoms with Crippen molar-refractivity contribution in [2.75, 3.05) is 13.6 Å². The minimum absolute atomic E-state index is 0.583. The summed E-state index contributed by atoms with van der Waals surface area (Å²) in [5.41, 5.74) is 1.27. The fraction of sp³-hybridized carbons (Fsp3) is 0.833. The summed E-state index contributed by atoms with van der Waals surface area (Å²) in [6.45, 7) is 1.09. The molecule has 5 heteroatoms. The van der Waals surface area contributed by atoms with Gasteiger partial charge in [-0.25, -0.2) is 0 Å². The summed E-state index contributed by atoms with van der Waals surface area (Å²) in [5.74, 6) is 1.29. The number of hydrogen-bond donors (Lipinski definition) is 1. The van der Waals surface area contributed by atoms with E-state index in [2.05, 4.69) is 31.6 Å². The van der Waals surface area contributed by atoms with Crippen LogP contribution in [0.3, 0.4) is 0 Å². The van der Waals surface area contributed by atoms with Crippen LogP contribution >= 0.6 is 15.9 Å². The first-order valence-electron chi connectivity index (χ1n) is 6.43. The highest BCUT2D eigenvalue weighted by atomic mass is 79.9. The highest BCUT2D eigenvalue weighted by Gasteiger charge is 2.29. The Morgan fingerprint density at radius 3 is 2.76 bits per heavy atom. The average molecular weight is 301 g/mol. The molecule has 1 heterocycles. The number of nitrogens with zero attached hydrogens (tertiary/aromatic N) is 3. The Bertz CT molecular complexity index is 344. The van der Waals surface area contributed by atoms with Crippen molar-refractivity contribution in [2.45, 2.75) is 38.0 Å². The molecule has 0 spiro atoms. The molecule has 1 saturated carbocycles. The third kappa shape index (κ3) is 2.88. The Morgan fingerprint density at radius 2 is 2.12 bits per heavy atom. The van der Waals surface area contributed by atoms with Gasteiger partial charge in [-0.15, -0.1) is 5.10 Å². The Hall–Kier alpha value is -0.420. The molecule has 2 atom stereocenters. The molecule has 2 rings (SSSR count). The molecule has 1 N–H and O–H groups in total. The standard InChI is InChI=1S/C12H21BrN4/c1-14-8-9-6-4-3-5-7-10(9)11-12(13)15-16-17(11)2/h9-10,14H,3-8H2,1-2H3. The Labute approximate surface area is 111 Å². The molecular weight excluding hydrogens is 280 g/mol. The zero-order chi connectivity index (χ0) is 12.3. The quantitative estimate of drug-likeness (QED) is 0.872. The molecule has 0 aromatic carbocycles. The monoisotopic (exact) mass is 300 g/mol. The fourth-order valence-electron chi connectivity index (χ4n) is 2.98. The van der Waals surface area contributed by atoms with E-state index in [9.17, 15) is 0 Å². The van der Waals surface area contributed by atoms with E-state index in [1.165, 1.54) is 37.8 Å². The molecule has 0 saturated heterocycles. The highest BCUT2D eigenvalue weighted by Crippen LogP contribution is 2.38. The Morgan fingerprint density at radius 1 is 1.35 bits per heavy atom. The van der Waals surface area contributed by atoms with Gasteiger partial charge in [0, 0.05) is 13.0 Å². The van der Waals surface area contributed by atoms with E-state index in [1.807, 2.05) is 18.8 Å². The van der Waals surface area contributed by atoms with Gasteiger partial charge in [0.05, 0.1) is 5.69 Å². The van der Waals surface area contributed by atoms with Crippen LogP contribution in [0.1, 0.15) is 43.7 Å². The maximum Gasteiger partial charge on any atom is 0.151 e. The predicted molar refractivity (Wildman–Crippen MR) is 71.9 cm³/mol. The number of nitrogens with one attached hydrogen (secondary N) is 1. The molecule has 0 amide bonds. The lowest BCUT2D eigenvalue weighted by atomic mass is 9.85. The second-order valence-electron chi connectivity index (χ2n) is 4.95. The van der Waals surface area contributed by atoms with E-state index in [-0.39, 0.29) is 0 Å². The van der Waals surface area contributed by atoms with Crippen LogP contribution in [-0.4, -0.2) is 28.6 Å². The van der Waals surface area contributed by atoms with Crippen LogP contribution in [0.15, 0.2) is 4.60 Å². The van der Waals surface area contributed by atoms with E-state index < -0.39 is 0 Å². The Kier molecular flexibility index (Phi) is 4.56. The summed E-state index contributed by atoms with van der Waals surface area (Å²) in [6, 6.07) is 0. The second kappa shape index (κ2) is 5.96. The second-order valence-corrected chi connectivity index (χ2v) is 5.70. The van der Waals surface area contributed by atoms with Gasteiger partial charge < -0.3 is 5.32 Å². The molecule has 96 valence electrons. The first kappa shape index (κ1) is 13.0. The smallest absolute Gasteiger partial charge is 0.151 e. The zero-order valence-electron chi connectivity index (χ0n) is 10.6. The van der Waals surface area contributed by atoms with Crippen molar-refractivity contribution in [1.82, 2.24) is 20.3 Å². The molecule has 1 aromatic heterocycles. The molecule has 0 bridgehead atoms. The van der Waals surface area contributed by atoms with Crippen LogP contribution in [0.2, 0.25) is 0 Å². The van der Waals surface area contributed by atoms with Crippen LogP contribution in [0.25, 0.3) is 0 Å². The minimum Gasteiger partial charge on any atom is -0.319 e. The third-order valence-corrected chi connectivity index (χ3v) is 4.37. The lowest BCUT2D eigenvalue weighted by Crippen LogP contribution is -2.25. The van der Waals surface area contributed by atoms with E-state index in [0.717, 1.165) is 11.1 Å². The van der Waals surface area contributed by atoms with Crippen molar-refractivity contribution in [2.24, 2.45) is 13.0 Å². The molecule has 0 aliphatic heterocycles. The van der Waals surface area contributed by atoms with E-state index in [0.29, 0.717) is 11.8 Å². The maximum atomic E-state index is 4.13. The largest absolute Gasteiger partial charge is 0.319 e. The molecule has 17 heavy (non-hydrogen) atoms.